The van der Waals surface area contributed by atoms with E-state index >= 15 is 0 Å². The number of pyridine rings is 1. The number of aryl methyl sites for hydroxylation is 1. The van der Waals surface area contributed by atoms with Crippen LogP contribution in [0.25, 0.3) is 0 Å². The van der Waals surface area contributed by atoms with Crippen LogP contribution in [0.2, 0.25) is 5.15 Å². The summed E-state index contributed by atoms with van der Waals surface area (Å²) in [5.41, 5.74) is 7.03. The van der Waals surface area contributed by atoms with Crippen LogP contribution in [0.15, 0.2) is 12.3 Å². The van der Waals surface area contributed by atoms with Gasteiger partial charge in [0, 0.05) is 12.2 Å². The van der Waals surface area contributed by atoms with Crippen molar-refractivity contribution in [2.45, 2.75) is 39.2 Å². The Morgan fingerprint density at radius 1 is 1.67 bits per heavy atom. The molecule has 1 heterocycles. The van der Waals surface area contributed by atoms with E-state index < -0.39 is 5.41 Å². The van der Waals surface area contributed by atoms with Crippen molar-refractivity contribution in [1.29, 1.82) is 0 Å². The van der Waals surface area contributed by atoms with Gasteiger partial charge in [0.15, 0.2) is 5.15 Å². The van der Waals surface area contributed by atoms with E-state index in [-0.39, 0.29) is 11.9 Å². The molecule has 1 aliphatic rings. The molecular formula is C13H18ClN3O. The number of hydrogen-bond donors (Lipinski definition) is 2. The highest BCUT2D eigenvalue weighted by atomic mass is 35.5. The molecular weight excluding hydrogens is 250 g/mol. The maximum absolute atomic E-state index is 12.3. The second kappa shape index (κ2) is 4.86. The zero-order valence-electron chi connectivity index (χ0n) is 10.7. The molecule has 0 aliphatic heterocycles. The first-order chi connectivity index (χ1) is 8.43. The molecule has 0 saturated heterocycles. The highest BCUT2D eigenvalue weighted by Gasteiger charge is 2.43. The molecule has 2 unspecified atom stereocenters. The Hall–Kier alpha value is -1.13. The molecule has 0 aromatic carbocycles. The number of rotatable bonds is 2. The van der Waals surface area contributed by atoms with E-state index in [9.17, 15) is 4.79 Å². The van der Waals surface area contributed by atoms with Crippen molar-refractivity contribution in [3.63, 3.8) is 0 Å². The number of aromatic nitrogens is 1. The molecule has 1 aromatic heterocycles. The third-order valence-electron chi connectivity index (χ3n) is 3.77. The molecule has 1 amide bonds. The molecule has 1 fully saturated rings. The maximum atomic E-state index is 12.3. The van der Waals surface area contributed by atoms with E-state index in [4.69, 9.17) is 17.3 Å². The number of anilines is 1. The largest absolute Gasteiger partial charge is 0.327 e. The Labute approximate surface area is 112 Å². The topological polar surface area (TPSA) is 68.0 Å². The third-order valence-corrected chi connectivity index (χ3v) is 4.07. The summed E-state index contributed by atoms with van der Waals surface area (Å²) in [6.45, 7) is 3.82. The minimum atomic E-state index is -0.507. The lowest BCUT2D eigenvalue weighted by Crippen LogP contribution is -2.44. The average molecular weight is 268 g/mol. The van der Waals surface area contributed by atoms with Gasteiger partial charge < -0.3 is 11.1 Å². The molecule has 5 heteroatoms. The highest BCUT2D eigenvalue weighted by molar-refractivity contribution is 6.32. The van der Waals surface area contributed by atoms with Crippen LogP contribution in [0.5, 0.6) is 0 Å². The van der Waals surface area contributed by atoms with Gasteiger partial charge in [-0.25, -0.2) is 4.98 Å². The molecule has 3 N–H and O–H groups in total. The minimum Gasteiger partial charge on any atom is -0.327 e. The molecule has 18 heavy (non-hydrogen) atoms. The van der Waals surface area contributed by atoms with Gasteiger partial charge in [-0.05, 0) is 38.3 Å². The molecule has 2 atom stereocenters. The van der Waals surface area contributed by atoms with Crippen LogP contribution in [0.3, 0.4) is 0 Å². The number of nitrogens with one attached hydrogen (secondary N) is 1. The molecule has 98 valence electrons. The van der Waals surface area contributed by atoms with E-state index in [1.165, 1.54) is 0 Å². The third kappa shape index (κ3) is 2.35. The predicted molar refractivity (Wildman–Crippen MR) is 72.5 cm³/mol. The SMILES string of the molecule is Cc1cnc(Cl)c(NC(=O)C2(C)CCCC2N)c1. The van der Waals surface area contributed by atoms with E-state index in [0.717, 1.165) is 24.8 Å². The van der Waals surface area contributed by atoms with Crippen LogP contribution in [0.4, 0.5) is 5.69 Å². The van der Waals surface area contributed by atoms with Crippen molar-refractivity contribution in [2.24, 2.45) is 11.1 Å². The van der Waals surface area contributed by atoms with Crippen molar-refractivity contribution in [3.8, 4) is 0 Å². The van der Waals surface area contributed by atoms with Crippen LogP contribution < -0.4 is 11.1 Å². The average Bonchev–Trinajstić information content (AvgIpc) is 2.66. The zero-order chi connectivity index (χ0) is 13.3. The Bertz CT molecular complexity index is 477. The molecule has 1 aliphatic carbocycles. The van der Waals surface area contributed by atoms with E-state index in [1.807, 2.05) is 19.9 Å². The van der Waals surface area contributed by atoms with Crippen LogP contribution in [0, 0.1) is 12.3 Å². The van der Waals surface area contributed by atoms with Crippen LogP contribution in [0.1, 0.15) is 31.7 Å². The summed E-state index contributed by atoms with van der Waals surface area (Å²) in [6.07, 6.45) is 4.37. The summed E-state index contributed by atoms with van der Waals surface area (Å²) >= 11 is 5.97. The molecule has 0 radical (unpaired) electrons. The molecule has 0 bridgehead atoms. The normalized spacial score (nSPS) is 27.2. The van der Waals surface area contributed by atoms with Gasteiger partial charge in [0.2, 0.25) is 5.91 Å². The van der Waals surface area contributed by atoms with Gasteiger partial charge in [-0.1, -0.05) is 18.0 Å². The monoisotopic (exact) mass is 267 g/mol. The van der Waals surface area contributed by atoms with Gasteiger partial charge in [-0.2, -0.15) is 0 Å². The number of halogens is 1. The van der Waals surface area contributed by atoms with Crippen LogP contribution >= 0.6 is 11.6 Å². The van der Waals surface area contributed by atoms with E-state index in [1.54, 1.807) is 6.20 Å². The number of nitrogens with two attached hydrogens (primary N) is 1. The van der Waals surface area contributed by atoms with Crippen molar-refractivity contribution >= 4 is 23.2 Å². The van der Waals surface area contributed by atoms with Gasteiger partial charge in [-0.15, -0.1) is 0 Å². The number of hydrogen-bond acceptors (Lipinski definition) is 3. The van der Waals surface area contributed by atoms with Gasteiger partial charge in [0.05, 0.1) is 11.1 Å². The van der Waals surface area contributed by atoms with Crippen LogP contribution in [-0.2, 0) is 4.79 Å². The maximum Gasteiger partial charge on any atom is 0.231 e. The Balaban J connectivity index is 2.19. The molecule has 1 aromatic rings. The lowest BCUT2D eigenvalue weighted by Gasteiger charge is -2.27. The first kappa shape index (κ1) is 13.3. The van der Waals surface area contributed by atoms with Gasteiger partial charge >= 0.3 is 0 Å². The molecule has 0 spiro atoms. The summed E-state index contributed by atoms with van der Waals surface area (Å²) in [4.78, 5) is 16.4. The zero-order valence-corrected chi connectivity index (χ0v) is 11.4. The second-order valence-electron chi connectivity index (χ2n) is 5.22. The molecule has 1 saturated carbocycles. The number of nitrogens with zero attached hydrogens (tertiary/aromatic N) is 1. The lowest BCUT2D eigenvalue weighted by molar-refractivity contribution is -0.125. The van der Waals surface area contributed by atoms with Crippen LogP contribution in [-0.4, -0.2) is 16.9 Å². The number of carbonyl (C=O) groups is 1. The predicted octanol–water partition coefficient (Wildman–Crippen LogP) is 2.50. The minimum absolute atomic E-state index is 0.0678. The van der Waals surface area contributed by atoms with E-state index in [2.05, 4.69) is 10.3 Å². The highest BCUT2D eigenvalue weighted by Crippen LogP contribution is 2.38. The Kier molecular flexibility index (Phi) is 3.59. The van der Waals surface area contributed by atoms with Crippen molar-refractivity contribution in [1.82, 2.24) is 4.98 Å². The molecule has 2 rings (SSSR count). The smallest absolute Gasteiger partial charge is 0.231 e. The summed E-state index contributed by atoms with van der Waals surface area (Å²) in [5.74, 6) is -0.0678. The van der Waals surface area contributed by atoms with Gasteiger partial charge in [0.1, 0.15) is 0 Å². The van der Waals surface area contributed by atoms with Crippen molar-refractivity contribution < 1.29 is 4.79 Å². The number of amides is 1. The standard InChI is InChI=1S/C13H18ClN3O/c1-8-6-9(11(14)16-7-8)17-12(18)13(2)5-3-4-10(13)15/h6-7,10H,3-5,15H2,1-2H3,(H,17,18). The van der Waals surface area contributed by atoms with Crippen molar-refractivity contribution in [2.75, 3.05) is 5.32 Å². The quantitative estimate of drug-likeness (QED) is 0.809. The van der Waals surface area contributed by atoms with E-state index in [0.29, 0.717) is 10.8 Å². The first-order valence-corrected chi connectivity index (χ1v) is 6.50. The Morgan fingerprint density at radius 2 is 2.39 bits per heavy atom. The number of carbonyl (C=O) groups excluding carboxylic acids is 1. The summed E-state index contributed by atoms with van der Waals surface area (Å²) in [6, 6.07) is 1.73. The fourth-order valence-electron chi connectivity index (χ4n) is 2.38. The second-order valence-corrected chi connectivity index (χ2v) is 5.58. The molecule has 4 nitrogen and oxygen atoms in total. The Morgan fingerprint density at radius 3 is 3.00 bits per heavy atom. The summed E-state index contributed by atoms with van der Waals surface area (Å²) in [7, 11) is 0. The lowest BCUT2D eigenvalue weighted by atomic mass is 9.84. The first-order valence-electron chi connectivity index (χ1n) is 6.12. The van der Waals surface area contributed by atoms with Gasteiger partial charge in [0.25, 0.3) is 0 Å². The van der Waals surface area contributed by atoms with Crippen molar-refractivity contribution in [3.05, 3.63) is 23.0 Å². The summed E-state index contributed by atoms with van der Waals surface area (Å²) in [5, 5.41) is 3.16. The fraction of sp³-hybridized carbons (Fsp3) is 0.538. The fourth-order valence-corrected chi connectivity index (χ4v) is 2.53. The summed E-state index contributed by atoms with van der Waals surface area (Å²) < 4.78 is 0. The van der Waals surface area contributed by atoms with Gasteiger partial charge in [-0.3, -0.25) is 4.79 Å².